The van der Waals surface area contributed by atoms with Gasteiger partial charge in [-0.25, -0.2) is 4.79 Å². The van der Waals surface area contributed by atoms with Crippen LogP contribution in [0.1, 0.15) is 16.1 Å². The minimum atomic E-state index is -0.998. The predicted molar refractivity (Wildman–Crippen MR) is 72.4 cm³/mol. The topological polar surface area (TPSA) is 68.7 Å². The van der Waals surface area contributed by atoms with E-state index in [1.807, 2.05) is 13.0 Å². The maximum atomic E-state index is 11.3. The number of fused-ring (bicyclic) bond motifs is 1. The van der Waals surface area contributed by atoms with E-state index in [2.05, 4.69) is 4.98 Å². The Morgan fingerprint density at radius 1 is 1.20 bits per heavy atom. The molecule has 5 heteroatoms. The molecule has 0 fully saturated rings. The summed E-state index contributed by atoms with van der Waals surface area (Å²) in [6, 6.07) is 7.19. The number of ether oxygens (including phenoxy) is 2. The molecule has 5 nitrogen and oxygen atoms in total. The van der Waals surface area contributed by atoms with Crippen molar-refractivity contribution in [3.8, 4) is 22.6 Å². The van der Waals surface area contributed by atoms with Gasteiger partial charge in [0.15, 0.2) is 11.5 Å². The van der Waals surface area contributed by atoms with Crippen molar-refractivity contribution < 1.29 is 19.4 Å². The van der Waals surface area contributed by atoms with Crippen molar-refractivity contribution in [2.45, 2.75) is 6.92 Å². The number of aromatic nitrogens is 1. The molecule has 0 saturated heterocycles. The zero-order valence-electron chi connectivity index (χ0n) is 10.9. The second-order valence-electron chi connectivity index (χ2n) is 4.53. The number of carbonyl (C=O) groups is 1. The molecule has 20 heavy (non-hydrogen) atoms. The van der Waals surface area contributed by atoms with Crippen molar-refractivity contribution in [3.63, 3.8) is 0 Å². The molecule has 0 amide bonds. The van der Waals surface area contributed by atoms with Gasteiger partial charge in [-0.15, -0.1) is 0 Å². The van der Waals surface area contributed by atoms with Gasteiger partial charge >= 0.3 is 5.97 Å². The van der Waals surface area contributed by atoms with Crippen molar-refractivity contribution in [2.24, 2.45) is 0 Å². The number of benzene rings is 1. The lowest BCUT2D eigenvalue weighted by atomic mass is 10.00. The van der Waals surface area contributed by atoms with Gasteiger partial charge in [-0.1, -0.05) is 6.07 Å². The molecule has 1 aromatic carbocycles. The van der Waals surface area contributed by atoms with E-state index in [-0.39, 0.29) is 5.56 Å². The van der Waals surface area contributed by atoms with E-state index in [1.165, 1.54) is 6.20 Å². The molecule has 0 aliphatic carbocycles. The normalized spacial score (nSPS) is 13.1. The number of carboxylic acids is 1. The summed E-state index contributed by atoms with van der Waals surface area (Å²) >= 11 is 0. The molecule has 1 aliphatic heterocycles. The van der Waals surface area contributed by atoms with Crippen LogP contribution in [0.4, 0.5) is 0 Å². The van der Waals surface area contributed by atoms with Crippen molar-refractivity contribution >= 4 is 5.97 Å². The van der Waals surface area contributed by atoms with Gasteiger partial charge in [0.05, 0.1) is 5.56 Å². The summed E-state index contributed by atoms with van der Waals surface area (Å²) in [6.07, 6.45) is 1.38. The first-order valence-electron chi connectivity index (χ1n) is 6.25. The van der Waals surface area contributed by atoms with Crippen molar-refractivity contribution in [1.82, 2.24) is 4.98 Å². The first kappa shape index (κ1) is 12.5. The van der Waals surface area contributed by atoms with Gasteiger partial charge in [0.2, 0.25) is 0 Å². The zero-order chi connectivity index (χ0) is 14.1. The van der Waals surface area contributed by atoms with Crippen molar-refractivity contribution in [3.05, 3.63) is 41.7 Å². The second kappa shape index (κ2) is 4.85. The summed E-state index contributed by atoms with van der Waals surface area (Å²) in [6.45, 7) is 2.85. The number of nitrogens with zero attached hydrogens (tertiary/aromatic N) is 1. The minimum absolute atomic E-state index is 0.173. The van der Waals surface area contributed by atoms with Gasteiger partial charge in [0.1, 0.15) is 13.2 Å². The molecule has 2 heterocycles. The first-order valence-corrected chi connectivity index (χ1v) is 6.25. The van der Waals surface area contributed by atoms with Gasteiger partial charge in [-0.2, -0.15) is 0 Å². The van der Waals surface area contributed by atoms with Gasteiger partial charge in [-0.3, -0.25) is 4.98 Å². The highest BCUT2D eigenvalue weighted by molar-refractivity contribution is 5.96. The maximum absolute atomic E-state index is 11.3. The number of rotatable bonds is 2. The molecular formula is C15H13NO4. The quantitative estimate of drug-likeness (QED) is 0.909. The maximum Gasteiger partial charge on any atom is 0.337 e. The predicted octanol–water partition coefficient (Wildman–Crippen LogP) is 2.53. The molecule has 0 atom stereocenters. The molecule has 3 rings (SSSR count). The molecule has 0 bridgehead atoms. The Morgan fingerprint density at radius 2 is 1.95 bits per heavy atom. The van der Waals surface area contributed by atoms with Gasteiger partial charge in [0.25, 0.3) is 0 Å². The van der Waals surface area contributed by atoms with E-state index in [9.17, 15) is 9.90 Å². The van der Waals surface area contributed by atoms with Crippen LogP contribution in [0, 0.1) is 6.92 Å². The molecule has 102 valence electrons. The van der Waals surface area contributed by atoms with E-state index in [4.69, 9.17) is 9.47 Å². The third-order valence-electron chi connectivity index (χ3n) is 3.12. The second-order valence-corrected chi connectivity index (χ2v) is 4.53. The summed E-state index contributed by atoms with van der Waals surface area (Å²) in [7, 11) is 0. The molecule has 1 aromatic heterocycles. The summed E-state index contributed by atoms with van der Waals surface area (Å²) in [5, 5.41) is 9.26. The highest BCUT2D eigenvalue weighted by Crippen LogP contribution is 2.35. The van der Waals surface area contributed by atoms with Crippen molar-refractivity contribution in [1.29, 1.82) is 0 Å². The minimum Gasteiger partial charge on any atom is -0.486 e. The van der Waals surface area contributed by atoms with Crippen LogP contribution < -0.4 is 9.47 Å². The number of hydrogen-bond acceptors (Lipinski definition) is 4. The smallest absolute Gasteiger partial charge is 0.337 e. The molecule has 0 radical (unpaired) electrons. The molecule has 1 N–H and O–H groups in total. The Bertz CT molecular complexity index is 682. The first-order chi connectivity index (χ1) is 9.65. The number of carboxylic acid groups (broad SMARTS) is 1. The zero-order valence-corrected chi connectivity index (χ0v) is 10.9. The van der Waals surface area contributed by atoms with E-state index >= 15 is 0 Å². The molecule has 2 aromatic rings. The van der Waals surface area contributed by atoms with Crippen LogP contribution in [0.3, 0.4) is 0 Å². The number of aromatic carboxylic acids is 1. The van der Waals surface area contributed by atoms with Crippen LogP contribution in [-0.2, 0) is 0 Å². The Morgan fingerprint density at radius 3 is 2.70 bits per heavy atom. The molecule has 0 spiro atoms. The van der Waals surface area contributed by atoms with E-state index < -0.39 is 5.97 Å². The van der Waals surface area contributed by atoms with Crippen molar-refractivity contribution in [2.75, 3.05) is 13.2 Å². The Hall–Kier alpha value is -2.56. The van der Waals surface area contributed by atoms with Crippen LogP contribution in [-0.4, -0.2) is 29.3 Å². The van der Waals surface area contributed by atoms with Crippen LogP contribution in [0.2, 0.25) is 0 Å². The number of hydrogen-bond donors (Lipinski definition) is 1. The van der Waals surface area contributed by atoms with Crippen LogP contribution >= 0.6 is 0 Å². The van der Waals surface area contributed by atoms with E-state index in [0.717, 1.165) is 11.3 Å². The largest absolute Gasteiger partial charge is 0.486 e. The van der Waals surface area contributed by atoms with Crippen LogP contribution in [0.5, 0.6) is 11.5 Å². The molecule has 1 aliphatic rings. The SMILES string of the molecule is Cc1cc(-c2ccc3c(c2)OCCO3)c(C(=O)O)cn1. The average Bonchev–Trinajstić information content (AvgIpc) is 2.46. The number of aryl methyl sites for hydroxylation is 1. The van der Waals surface area contributed by atoms with E-state index in [0.29, 0.717) is 30.3 Å². The fourth-order valence-corrected chi connectivity index (χ4v) is 2.18. The molecule has 0 saturated carbocycles. The highest BCUT2D eigenvalue weighted by atomic mass is 16.6. The summed E-state index contributed by atoms with van der Waals surface area (Å²) in [5.74, 6) is 0.324. The third-order valence-corrected chi connectivity index (χ3v) is 3.12. The van der Waals surface area contributed by atoms with Crippen LogP contribution in [0.25, 0.3) is 11.1 Å². The lowest BCUT2D eigenvalue weighted by Crippen LogP contribution is -2.15. The van der Waals surface area contributed by atoms with E-state index in [1.54, 1.807) is 18.2 Å². The molecular weight excluding hydrogens is 258 g/mol. The fraction of sp³-hybridized carbons (Fsp3) is 0.200. The van der Waals surface area contributed by atoms with Gasteiger partial charge in [0, 0.05) is 11.9 Å². The highest BCUT2D eigenvalue weighted by Gasteiger charge is 2.16. The van der Waals surface area contributed by atoms with Gasteiger partial charge < -0.3 is 14.6 Å². The third kappa shape index (κ3) is 2.18. The lowest BCUT2D eigenvalue weighted by Gasteiger charge is -2.19. The van der Waals surface area contributed by atoms with Gasteiger partial charge in [-0.05, 0) is 36.2 Å². The Balaban J connectivity index is 2.13. The summed E-state index contributed by atoms with van der Waals surface area (Å²) < 4.78 is 11.0. The molecule has 0 unspecified atom stereocenters. The standard InChI is InChI=1S/C15H13NO4/c1-9-6-11(12(8-16-9)15(17)18)10-2-3-13-14(7-10)20-5-4-19-13/h2-3,6-8H,4-5H2,1H3,(H,17,18). The lowest BCUT2D eigenvalue weighted by molar-refractivity contribution is 0.0697. The Kier molecular flexibility index (Phi) is 3.02. The fourth-order valence-electron chi connectivity index (χ4n) is 2.18. The Labute approximate surface area is 115 Å². The average molecular weight is 271 g/mol. The number of pyridine rings is 1. The summed E-state index contributed by atoms with van der Waals surface area (Å²) in [4.78, 5) is 15.3. The van der Waals surface area contributed by atoms with Crippen LogP contribution in [0.15, 0.2) is 30.5 Å². The summed E-state index contributed by atoms with van der Waals surface area (Å²) in [5.41, 5.74) is 2.34. The monoisotopic (exact) mass is 271 g/mol.